The maximum Gasteiger partial charge on any atom is 0.490 e. The van der Waals surface area contributed by atoms with Gasteiger partial charge in [-0.2, -0.15) is 13.2 Å². The van der Waals surface area contributed by atoms with Crippen LogP contribution in [0.4, 0.5) is 27.6 Å². The molecule has 6 nitrogen and oxygen atoms in total. The van der Waals surface area contributed by atoms with E-state index in [9.17, 15) is 22.0 Å². The van der Waals surface area contributed by atoms with E-state index in [0.29, 0.717) is 11.7 Å². The number of carbonyl (C=O) groups is 1. The molecule has 2 aromatic carbocycles. The minimum atomic E-state index is -5.08. The number of carboxylic acid groups (broad SMARTS) is 1. The van der Waals surface area contributed by atoms with E-state index in [-0.39, 0.29) is 0 Å². The van der Waals surface area contributed by atoms with Crippen molar-refractivity contribution in [3.63, 3.8) is 0 Å². The van der Waals surface area contributed by atoms with Gasteiger partial charge in [0.25, 0.3) is 0 Å². The molecule has 0 saturated carbocycles. The number of para-hydroxylation sites is 2. The summed E-state index contributed by atoms with van der Waals surface area (Å²) in [5.41, 5.74) is 2.66. The average molecular weight is 470 g/mol. The molecule has 2 heterocycles. The number of hydrogen-bond acceptors (Lipinski definition) is 4. The van der Waals surface area contributed by atoms with Gasteiger partial charge in [-0.15, -0.1) is 0 Å². The molecule has 3 aromatic rings. The quantitative estimate of drug-likeness (QED) is 0.547. The van der Waals surface area contributed by atoms with Gasteiger partial charge < -0.3 is 19.9 Å². The first kappa shape index (κ1) is 24.4. The lowest BCUT2D eigenvalue weighted by Gasteiger charge is -2.34. The second-order valence-electron chi connectivity index (χ2n) is 7.54. The first-order valence-electron chi connectivity index (χ1n) is 10.3. The highest BCUT2D eigenvalue weighted by Crippen LogP contribution is 2.24. The fourth-order valence-electron chi connectivity index (χ4n) is 3.64. The molecule has 33 heavy (non-hydrogen) atoms. The standard InChI is InChI=1S/C20H22F2N4.C2HF3O2/c21-15-5-6-19(17(22)13-15)25-10-7-16(8-11-25)23-9-12-26-14-24-18-3-1-2-4-20(18)26;3-2(4,5)1(6)7/h1-6,13-14,16,23H,7-12H2;(H,6,7). The van der Waals surface area contributed by atoms with Gasteiger partial charge in [0.15, 0.2) is 0 Å². The van der Waals surface area contributed by atoms with E-state index in [1.54, 1.807) is 0 Å². The first-order chi connectivity index (χ1) is 15.6. The lowest BCUT2D eigenvalue weighted by atomic mass is 10.0. The maximum atomic E-state index is 13.9. The van der Waals surface area contributed by atoms with Crippen molar-refractivity contribution in [2.24, 2.45) is 0 Å². The van der Waals surface area contributed by atoms with Crippen LogP contribution >= 0.6 is 0 Å². The Balaban J connectivity index is 0.000000383. The van der Waals surface area contributed by atoms with Crippen LogP contribution < -0.4 is 10.2 Å². The highest BCUT2D eigenvalue weighted by Gasteiger charge is 2.38. The molecular weight excluding hydrogens is 447 g/mol. The summed E-state index contributed by atoms with van der Waals surface area (Å²) in [4.78, 5) is 15.3. The number of imidazole rings is 1. The number of alkyl halides is 3. The summed E-state index contributed by atoms with van der Waals surface area (Å²) < 4.78 is 60.9. The summed E-state index contributed by atoms with van der Waals surface area (Å²) in [5, 5.41) is 10.7. The zero-order valence-electron chi connectivity index (χ0n) is 17.5. The normalized spacial score (nSPS) is 14.8. The van der Waals surface area contributed by atoms with Crippen LogP contribution in [0, 0.1) is 11.6 Å². The molecule has 1 aliphatic rings. The molecule has 0 amide bonds. The molecule has 0 atom stereocenters. The van der Waals surface area contributed by atoms with Crippen LogP contribution in [-0.2, 0) is 11.3 Å². The van der Waals surface area contributed by atoms with E-state index >= 15 is 0 Å². The molecular formula is C22H23F5N4O2. The van der Waals surface area contributed by atoms with Crippen molar-refractivity contribution < 1.29 is 31.9 Å². The molecule has 1 fully saturated rings. The van der Waals surface area contributed by atoms with E-state index in [1.165, 1.54) is 12.1 Å². The van der Waals surface area contributed by atoms with Crippen molar-refractivity contribution >= 4 is 22.7 Å². The Bertz CT molecular complexity index is 1080. The zero-order valence-corrected chi connectivity index (χ0v) is 17.5. The smallest absolute Gasteiger partial charge is 0.475 e. The number of nitrogens with zero attached hydrogens (tertiary/aromatic N) is 3. The summed E-state index contributed by atoms with van der Waals surface area (Å²) in [7, 11) is 0. The summed E-state index contributed by atoms with van der Waals surface area (Å²) in [6.07, 6.45) is -1.31. The Kier molecular flexibility index (Phi) is 7.85. The third kappa shape index (κ3) is 6.64. The number of rotatable bonds is 5. The number of halogens is 5. The van der Waals surface area contributed by atoms with Crippen molar-refractivity contribution in [3.05, 3.63) is 60.4 Å². The summed E-state index contributed by atoms with van der Waals surface area (Å²) in [5.74, 6) is -3.77. The van der Waals surface area contributed by atoms with Gasteiger partial charge in [-0.3, -0.25) is 0 Å². The summed E-state index contributed by atoms with van der Waals surface area (Å²) in [6, 6.07) is 12.3. The van der Waals surface area contributed by atoms with Crippen LogP contribution in [0.2, 0.25) is 0 Å². The van der Waals surface area contributed by atoms with Crippen LogP contribution in [-0.4, -0.2) is 52.5 Å². The molecule has 2 N–H and O–H groups in total. The molecule has 0 bridgehead atoms. The molecule has 11 heteroatoms. The molecule has 4 rings (SSSR count). The van der Waals surface area contributed by atoms with E-state index in [2.05, 4.69) is 20.9 Å². The van der Waals surface area contributed by atoms with Gasteiger partial charge in [-0.05, 0) is 37.1 Å². The van der Waals surface area contributed by atoms with Crippen LogP contribution in [0.1, 0.15) is 12.8 Å². The molecule has 0 unspecified atom stereocenters. The predicted molar refractivity (Wildman–Crippen MR) is 113 cm³/mol. The van der Waals surface area contributed by atoms with E-state index < -0.39 is 23.8 Å². The molecule has 178 valence electrons. The number of nitrogens with one attached hydrogen (secondary N) is 1. The second kappa shape index (κ2) is 10.6. The third-order valence-electron chi connectivity index (χ3n) is 5.30. The first-order valence-corrected chi connectivity index (χ1v) is 10.3. The number of benzene rings is 2. The van der Waals surface area contributed by atoms with Crippen LogP contribution in [0.5, 0.6) is 0 Å². The van der Waals surface area contributed by atoms with Gasteiger partial charge in [0.2, 0.25) is 0 Å². The fourth-order valence-corrected chi connectivity index (χ4v) is 3.64. The van der Waals surface area contributed by atoms with E-state index in [0.717, 1.165) is 56.1 Å². The summed E-state index contributed by atoms with van der Waals surface area (Å²) >= 11 is 0. The molecule has 0 aliphatic carbocycles. The SMILES string of the molecule is Fc1ccc(N2CCC(NCCn3cnc4ccccc43)CC2)c(F)c1.O=C(O)C(F)(F)F. The minimum Gasteiger partial charge on any atom is -0.475 e. The van der Waals surface area contributed by atoms with Crippen LogP contribution in [0.15, 0.2) is 48.8 Å². The summed E-state index contributed by atoms with van der Waals surface area (Å²) in [6.45, 7) is 3.28. The molecule has 1 aromatic heterocycles. The number of carboxylic acids is 1. The third-order valence-corrected chi connectivity index (χ3v) is 5.30. The topological polar surface area (TPSA) is 70.4 Å². The maximum absolute atomic E-state index is 13.9. The predicted octanol–water partition coefficient (Wildman–Crippen LogP) is 4.21. The number of aliphatic carboxylic acids is 1. The van der Waals surface area contributed by atoms with Crippen molar-refractivity contribution in [2.45, 2.75) is 31.6 Å². The highest BCUT2D eigenvalue weighted by molar-refractivity contribution is 5.75. The van der Waals surface area contributed by atoms with Gasteiger partial charge in [0, 0.05) is 38.3 Å². The van der Waals surface area contributed by atoms with Crippen molar-refractivity contribution in [3.8, 4) is 0 Å². The Morgan fingerprint density at radius 3 is 2.42 bits per heavy atom. The Morgan fingerprint density at radius 2 is 1.79 bits per heavy atom. The number of anilines is 1. The number of piperidine rings is 1. The number of aromatic nitrogens is 2. The largest absolute Gasteiger partial charge is 0.490 e. The molecule has 0 spiro atoms. The highest BCUT2D eigenvalue weighted by atomic mass is 19.4. The van der Waals surface area contributed by atoms with Gasteiger partial charge in [0.1, 0.15) is 11.6 Å². The Hall–Kier alpha value is -3.21. The number of hydrogen-bond donors (Lipinski definition) is 2. The van der Waals surface area contributed by atoms with E-state index in [4.69, 9.17) is 9.90 Å². The zero-order chi connectivity index (χ0) is 24.0. The molecule has 1 saturated heterocycles. The lowest BCUT2D eigenvalue weighted by Crippen LogP contribution is -2.43. The van der Waals surface area contributed by atoms with Gasteiger partial charge >= 0.3 is 12.1 Å². The molecule has 1 aliphatic heterocycles. The fraction of sp³-hybridized carbons (Fsp3) is 0.364. The van der Waals surface area contributed by atoms with E-state index in [1.807, 2.05) is 29.4 Å². The lowest BCUT2D eigenvalue weighted by molar-refractivity contribution is -0.192. The number of fused-ring (bicyclic) bond motifs is 1. The van der Waals surface area contributed by atoms with Crippen molar-refractivity contribution in [2.75, 3.05) is 24.5 Å². The van der Waals surface area contributed by atoms with Gasteiger partial charge in [0.05, 0.1) is 23.0 Å². The van der Waals surface area contributed by atoms with Crippen LogP contribution in [0.25, 0.3) is 11.0 Å². The Labute approximate surface area is 186 Å². The second-order valence-corrected chi connectivity index (χ2v) is 7.54. The molecule has 0 radical (unpaired) electrons. The van der Waals surface area contributed by atoms with Crippen molar-refractivity contribution in [1.82, 2.24) is 14.9 Å². The van der Waals surface area contributed by atoms with Gasteiger partial charge in [-0.1, -0.05) is 12.1 Å². The van der Waals surface area contributed by atoms with Crippen LogP contribution in [0.3, 0.4) is 0 Å². The van der Waals surface area contributed by atoms with Crippen molar-refractivity contribution in [1.29, 1.82) is 0 Å². The minimum absolute atomic E-state index is 0.421. The Morgan fingerprint density at radius 1 is 1.12 bits per heavy atom. The monoisotopic (exact) mass is 470 g/mol. The van der Waals surface area contributed by atoms with Gasteiger partial charge in [-0.25, -0.2) is 18.6 Å². The average Bonchev–Trinajstić information content (AvgIpc) is 3.17.